The summed E-state index contributed by atoms with van der Waals surface area (Å²) in [6.07, 6.45) is 4.51. The molecule has 1 aliphatic rings. The summed E-state index contributed by atoms with van der Waals surface area (Å²) < 4.78 is 0. The molecule has 0 bridgehead atoms. The van der Waals surface area contributed by atoms with Gasteiger partial charge in [0, 0.05) is 24.7 Å². The molecule has 18 heavy (non-hydrogen) atoms. The van der Waals surface area contributed by atoms with E-state index >= 15 is 0 Å². The molecule has 0 radical (unpaired) electrons. The summed E-state index contributed by atoms with van der Waals surface area (Å²) >= 11 is 0. The highest BCUT2D eigenvalue weighted by molar-refractivity contribution is 5.94. The van der Waals surface area contributed by atoms with Crippen molar-refractivity contribution in [2.75, 3.05) is 13.1 Å². The van der Waals surface area contributed by atoms with E-state index in [-0.39, 0.29) is 11.9 Å². The zero-order valence-electron chi connectivity index (χ0n) is 11.1. The van der Waals surface area contributed by atoms with Gasteiger partial charge in [-0.3, -0.25) is 4.79 Å². The van der Waals surface area contributed by atoms with Gasteiger partial charge in [-0.15, -0.1) is 0 Å². The van der Waals surface area contributed by atoms with Gasteiger partial charge in [-0.25, -0.2) is 0 Å². The molecule has 1 fully saturated rings. The Balaban J connectivity index is 2.19. The molecule has 2 rings (SSSR count). The maximum absolute atomic E-state index is 12.5. The number of aryl methyl sites for hydroxylation is 1. The van der Waals surface area contributed by atoms with Crippen LogP contribution in [0.3, 0.4) is 0 Å². The number of hydrogen-bond donors (Lipinski definition) is 1. The first-order valence-electron chi connectivity index (χ1n) is 6.80. The lowest BCUT2D eigenvalue weighted by Crippen LogP contribution is -2.44. The van der Waals surface area contributed by atoms with Gasteiger partial charge >= 0.3 is 0 Å². The first kappa shape index (κ1) is 13.1. The van der Waals surface area contributed by atoms with Crippen molar-refractivity contribution >= 4 is 5.91 Å². The number of hydrogen-bond acceptors (Lipinski definition) is 2. The number of carbonyl (C=O) groups excluding carboxylic acids is 1. The van der Waals surface area contributed by atoms with Crippen LogP contribution in [0.25, 0.3) is 0 Å². The van der Waals surface area contributed by atoms with Crippen molar-refractivity contribution in [3.63, 3.8) is 0 Å². The number of likely N-dealkylation sites (tertiary alicyclic amines) is 1. The van der Waals surface area contributed by atoms with Crippen molar-refractivity contribution < 1.29 is 4.79 Å². The van der Waals surface area contributed by atoms with Crippen molar-refractivity contribution in [2.45, 2.75) is 38.6 Å². The van der Waals surface area contributed by atoms with Gasteiger partial charge in [0.25, 0.3) is 5.91 Å². The molecule has 1 aromatic carbocycles. The Morgan fingerprint density at radius 1 is 1.39 bits per heavy atom. The van der Waals surface area contributed by atoms with Gasteiger partial charge < -0.3 is 10.6 Å². The zero-order chi connectivity index (χ0) is 13.0. The molecule has 1 amide bonds. The first-order chi connectivity index (χ1) is 8.72. The van der Waals surface area contributed by atoms with Gasteiger partial charge in [0.2, 0.25) is 0 Å². The van der Waals surface area contributed by atoms with Crippen LogP contribution in [-0.4, -0.2) is 29.9 Å². The lowest BCUT2D eigenvalue weighted by Gasteiger charge is -2.29. The Bertz CT molecular complexity index is 417. The predicted octanol–water partition coefficient (Wildman–Crippen LogP) is 2.34. The van der Waals surface area contributed by atoms with Gasteiger partial charge in [-0.05, 0) is 31.9 Å². The predicted molar refractivity (Wildman–Crippen MR) is 73.5 cm³/mol. The van der Waals surface area contributed by atoms with E-state index in [9.17, 15) is 4.79 Å². The number of nitrogens with zero attached hydrogens (tertiary/aromatic N) is 1. The minimum absolute atomic E-state index is 0.135. The molecule has 0 aliphatic carbocycles. The van der Waals surface area contributed by atoms with E-state index in [1.807, 2.05) is 36.1 Å². The maximum atomic E-state index is 12.5. The largest absolute Gasteiger partial charge is 0.334 e. The summed E-state index contributed by atoms with van der Waals surface area (Å²) in [4.78, 5) is 14.5. The van der Waals surface area contributed by atoms with E-state index in [2.05, 4.69) is 0 Å². The summed E-state index contributed by atoms with van der Waals surface area (Å²) in [5, 5.41) is 0. The minimum atomic E-state index is 0.135. The zero-order valence-corrected chi connectivity index (χ0v) is 11.1. The Kier molecular flexibility index (Phi) is 4.37. The number of nitrogens with two attached hydrogens (primary N) is 1. The fraction of sp³-hybridized carbons (Fsp3) is 0.533. The van der Waals surface area contributed by atoms with Crippen LogP contribution in [0.4, 0.5) is 0 Å². The van der Waals surface area contributed by atoms with Crippen LogP contribution < -0.4 is 5.73 Å². The smallest absolute Gasteiger partial charge is 0.254 e. The van der Waals surface area contributed by atoms with E-state index < -0.39 is 0 Å². The number of benzene rings is 1. The third-order valence-electron chi connectivity index (χ3n) is 3.68. The van der Waals surface area contributed by atoms with Crippen LogP contribution in [0.15, 0.2) is 24.3 Å². The molecule has 1 saturated heterocycles. The minimum Gasteiger partial charge on any atom is -0.334 e. The van der Waals surface area contributed by atoms with Crippen LogP contribution >= 0.6 is 0 Å². The van der Waals surface area contributed by atoms with Crippen molar-refractivity contribution in [2.24, 2.45) is 5.73 Å². The van der Waals surface area contributed by atoms with Crippen LogP contribution in [-0.2, 0) is 0 Å². The molecule has 1 aromatic rings. The highest BCUT2D eigenvalue weighted by Crippen LogP contribution is 2.19. The molecule has 2 N–H and O–H groups in total. The lowest BCUT2D eigenvalue weighted by molar-refractivity contribution is 0.0689. The fourth-order valence-electron chi connectivity index (χ4n) is 2.63. The van der Waals surface area contributed by atoms with Crippen LogP contribution in [0, 0.1) is 6.92 Å². The summed E-state index contributed by atoms with van der Waals surface area (Å²) in [5.74, 6) is 0.135. The molecule has 1 atom stereocenters. The maximum Gasteiger partial charge on any atom is 0.254 e. The monoisotopic (exact) mass is 246 g/mol. The van der Waals surface area contributed by atoms with Gasteiger partial charge in [-0.1, -0.05) is 30.5 Å². The second-order valence-corrected chi connectivity index (χ2v) is 5.11. The normalized spacial score (nSPS) is 20.6. The van der Waals surface area contributed by atoms with Crippen molar-refractivity contribution in [3.05, 3.63) is 35.4 Å². The molecule has 0 saturated carbocycles. The van der Waals surface area contributed by atoms with Gasteiger partial charge in [0.15, 0.2) is 0 Å². The molecule has 3 nitrogen and oxygen atoms in total. The van der Waals surface area contributed by atoms with E-state index in [4.69, 9.17) is 5.73 Å². The quantitative estimate of drug-likeness (QED) is 0.870. The topological polar surface area (TPSA) is 46.3 Å². The van der Waals surface area contributed by atoms with Gasteiger partial charge in [0.05, 0.1) is 0 Å². The van der Waals surface area contributed by atoms with E-state index in [1.165, 1.54) is 12.8 Å². The highest BCUT2D eigenvalue weighted by atomic mass is 16.2. The molecular formula is C15H22N2O. The van der Waals surface area contributed by atoms with Gasteiger partial charge in [0.1, 0.15) is 0 Å². The van der Waals surface area contributed by atoms with E-state index in [1.54, 1.807) is 0 Å². The average Bonchev–Trinajstić information content (AvgIpc) is 2.62. The summed E-state index contributed by atoms with van der Waals surface area (Å²) in [7, 11) is 0. The Labute approximate surface area is 109 Å². The number of amides is 1. The molecule has 0 aromatic heterocycles. The van der Waals surface area contributed by atoms with Crippen molar-refractivity contribution in [3.8, 4) is 0 Å². The molecular weight excluding hydrogens is 224 g/mol. The fourth-order valence-corrected chi connectivity index (χ4v) is 2.63. The van der Waals surface area contributed by atoms with Crippen LogP contribution in [0.2, 0.25) is 0 Å². The number of rotatable bonds is 2. The molecule has 98 valence electrons. The summed E-state index contributed by atoms with van der Waals surface area (Å²) in [6, 6.07) is 8.02. The second kappa shape index (κ2) is 6.01. The molecule has 1 heterocycles. The molecule has 1 aliphatic heterocycles. The SMILES string of the molecule is Cc1cccc(C(=O)N2CCCCCC2CN)c1. The lowest BCUT2D eigenvalue weighted by atomic mass is 10.1. The first-order valence-corrected chi connectivity index (χ1v) is 6.80. The Morgan fingerprint density at radius 2 is 2.22 bits per heavy atom. The van der Waals surface area contributed by atoms with Crippen molar-refractivity contribution in [1.82, 2.24) is 4.90 Å². The standard InChI is InChI=1S/C15H22N2O/c1-12-6-5-7-13(10-12)15(18)17-9-4-2-3-8-14(17)11-16/h5-7,10,14H,2-4,8-9,11,16H2,1H3. The van der Waals surface area contributed by atoms with Gasteiger partial charge in [-0.2, -0.15) is 0 Å². The van der Waals surface area contributed by atoms with Crippen molar-refractivity contribution in [1.29, 1.82) is 0 Å². The summed E-state index contributed by atoms with van der Waals surface area (Å²) in [5.41, 5.74) is 7.73. The van der Waals surface area contributed by atoms with Crippen LogP contribution in [0.1, 0.15) is 41.6 Å². The average molecular weight is 246 g/mol. The van der Waals surface area contributed by atoms with E-state index in [0.717, 1.165) is 30.5 Å². The Hall–Kier alpha value is -1.35. The van der Waals surface area contributed by atoms with Crippen LogP contribution in [0.5, 0.6) is 0 Å². The highest BCUT2D eigenvalue weighted by Gasteiger charge is 2.25. The number of carbonyl (C=O) groups is 1. The third kappa shape index (κ3) is 2.91. The van der Waals surface area contributed by atoms with E-state index in [0.29, 0.717) is 6.54 Å². The molecule has 0 spiro atoms. The third-order valence-corrected chi connectivity index (χ3v) is 3.68. The molecule has 1 unspecified atom stereocenters. The second-order valence-electron chi connectivity index (χ2n) is 5.11. The molecule has 3 heteroatoms. The summed E-state index contributed by atoms with van der Waals surface area (Å²) in [6.45, 7) is 3.42. The Morgan fingerprint density at radius 3 is 2.94 bits per heavy atom.